The van der Waals surface area contributed by atoms with Crippen LogP contribution >= 0.6 is 11.6 Å². The van der Waals surface area contributed by atoms with Crippen molar-refractivity contribution >= 4 is 11.6 Å². The first-order valence-electron chi connectivity index (χ1n) is 6.00. The summed E-state index contributed by atoms with van der Waals surface area (Å²) in [5, 5.41) is 3.39. The third kappa shape index (κ3) is 3.69. The highest BCUT2D eigenvalue weighted by Gasteiger charge is 2.05. The van der Waals surface area contributed by atoms with Crippen LogP contribution in [0.15, 0.2) is 42.5 Å². The molecule has 0 radical (unpaired) electrons. The second kappa shape index (κ2) is 6.55. The summed E-state index contributed by atoms with van der Waals surface area (Å²) < 4.78 is 18.6. The molecule has 2 rings (SSSR count). The monoisotopic (exact) mass is 279 g/mol. The SMILES string of the molecule is CNCc1ccccc1COc1ccc(F)cc1Cl. The number of ether oxygens (including phenoxy) is 1. The summed E-state index contributed by atoms with van der Waals surface area (Å²) in [7, 11) is 1.90. The molecule has 2 aromatic carbocycles. The van der Waals surface area contributed by atoms with Gasteiger partial charge in [0, 0.05) is 6.54 Å². The van der Waals surface area contributed by atoms with Crippen LogP contribution in [0.1, 0.15) is 11.1 Å². The molecule has 4 heteroatoms. The third-order valence-electron chi connectivity index (χ3n) is 2.76. The second-order valence-electron chi connectivity index (χ2n) is 4.16. The molecule has 0 atom stereocenters. The van der Waals surface area contributed by atoms with E-state index in [9.17, 15) is 4.39 Å². The van der Waals surface area contributed by atoms with Gasteiger partial charge in [0.15, 0.2) is 0 Å². The van der Waals surface area contributed by atoms with Gasteiger partial charge in [-0.3, -0.25) is 0 Å². The van der Waals surface area contributed by atoms with Crippen LogP contribution in [0.4, 0.5) is 4.39 Å². The standard InChI is InChI=1S/C15H15ClFNO/c1-18-9-11-4-2-3-5-12(11)10-19-15-7-6-13(17)8-14(15)16/h2-8,18H,9-10H2,1H3. The summed E-state index contributed by atoms with van der Waals surface area (Å²) in [5.41, 5.74) is 2.25. The summed E-state index contributed by atoms with van der Waals surface area (Å²) in [6.45, 7) is 1.18. The predicted octanol–water partition coefficient (Wildman–Crippen LogP) is 3.78. The van der Waals surface area contributed by atoms with Crippen molar-refractivity contribution in [3.05, 3.63) is 64.4 Å². The predicted molar refractivity (Wildman–Crippen MR) is 74.9 cm³/mol. The number of benzene rings is 2. The molecular weight excluding hydrogens is 265 g/mol. The van der Waals surface area contributed by atoms with Crippen LogP contribution in [-0.2, 0) is 13.2 Å². The molecule has 2 aromatic rings. The zero-order valence-corrected chi connectivity index (χ0v) is 11.4. The Morgan fingerprint density at radius 1 is 1.16 bits per heavy atom. The van der Waals surface area contributed by atoms with Crippen molar-refractivity contribution in [1.82, 2.24) is 5.32 Å². The van der Waals surface area contributed by atoms with Crippen LogP contribution in [0.3, 0.4) is 0 Å². The van der Waals surface area contributed by atoms with E-state index in [4.69, 9.17) is 16.3 Å². The number of halogens is 2. The summed E-state index contributed by atoms with van der Waals surface area (Å²) >= 11 is 5.92. The molecule has 0 aromatic heterocycles. The van der Waals surface area contributed by atoms with Crippen LogP contribution in [-0.4, -0.2) is 7.05 Å². The Balaban J connectivity index is 2.10. The Kier molecular flexibility index (Phi) is 4.77. The maximum absolute atomic E-state index is 12.9. The van der Waals surface area contributed by atoms with E-state index in [2.05, 4.69) is 5.32 Å². The van der Waals surface area contributed by atoms with Crippen molar-refractivity contribution in [2.24, 2.45) is 0 Å². The topological polar surface area (TPSA) is 21.3 Å². The van der Waals surface area contributed by atoms with Crippen molar-refractivity contribution < 1.29 is 9.13 Å². The van der Waals surface area contributed by atoms with Gasteiger partial charge in [0.1, 0.15) is 18.2 Å². The molecule has 0 saturated heterocycles. The van der Waals surface area contributed by atoms with Gasteiger partial charge in [-0.25, -0.2) is 4.39 Å². The number of rotatable bonds is 5. The Labute approximate surface area is 117 Å². The molecule has 0 aliphatic rings. The zero-order valence-electron chi connectivity index (χ0n) is 10.6. The lowest BCUT2D eigenvalue weighted by atomic mass is 10.1. The minimum absolute atomic E-state index is 0.283. The first-order valence-corrected chi connectivity index (χ1v) is 6.37. The van der Waals surface area contributed by atoms with Crippen LogP contribution in [0.25, 0.3) is 0 Å². The highest BCUT2D eigenvalue weighted by Crippen LogP contribution is 2.26. The van der Waals surface area contributed by atoms with Gasteiger partial charge in [-0.15, -0.1) is 0 Å². The summed E-state index contributed by atoms with van der Waals surface area (Å²) in [5.74, 6) is 0.121. The molecule has 0 spiro atoms. The summed E-state index contributed by atoms with van der Waals surface area (Å²) in [6, 6.07) is 12.1. The van der Waals surface area contributed by atoms with E-state index in [-0.39, 0.29) is 10.8 Å². The van der Waals surface area contributed by atoms with Gasteiger partial charge in [0.05, 0.1) is 5.02 Å². The highest BCUT2D eigenvalue weighted by atomic mass is 35.5. The first kappa shape index (κ1) is 13.8. The lowest BCUT2D eigenvalue weighted by molar-refractivity contribution is 0.304. The van der Waals surface area contributed by atoms with E-state index < -0.39 is 0 Å². The lowest BCUT2D eigenvalue weighted by Gasteiger charge is -2.11. The molecule has 0 aliphatic carbocycles. The molecule has 0 amide bonds. The van der Waals surface area contributed by atoms with Crippen LogP contribution in [0.2, 0.25) is 5.02 Å². The van der Waals surface area contributed by atoms with E-state index in [0.717, 1.165) is 12.1 Å². The van der Waals surface area contributed by atoms with Gasteiger partial charge in [-0.2, -0.15) is 0 Å². The van der Waals surface area contributed by atoms with Gasteiger partial charge in [0.25, 0.3) is 0 Å². The molecule has 0 heterocycles. The minimum Gasteiger partial charge on any atom is -0.487 e. The fourth-order valence-electron chi connectivity index (χ4n) is 1.81. The number of hydrogen-bond donors (Lipinski definition) is 1. The Morgan fingerprint density at radius 3 is 2.58 bits per heavy atom. The Morgan fingerprint density at radius 2 is 1.89 bits per heavy atom. The molecule has 1 N–H and O–H groups in total. The maximum atomic E-state index is 12.9. The van der Waals surface area contributed by atoms with Crippen LogP contribution in [0, 0.1) is 5.82 Å². The molecular formula is C15H15ClFNO. The van der Waals surface area contributed by atoms with Crippen molar-refractivity contribution in [1.29, 1.82) is 0 Å². The van der Waals surface area contributed by atoms with Crippen LogP contribution in [0.5, 0.6) is 5.75 Å². The van der Waals surface area contributed by atoms with Crippen molar-refractivity contribution in [2.75, 3.05) is 7.05 Å². The fraction of sp³-hybridized carbons (Fsp3) is 0.200. The van der Waals surface area contributed by atoms with E-state index in [1.807, 2.05) is 31.3 Å². The zero-order chi connectivity index (χ0) is 13.7. The molecule has 19 heavy (non-hydrogen) atoms. The van der Waals surface area contributed by atoms with Gasteiger partial charge < -0.3 is 10.1 Å². The normalized spacial score (nSPS) is 10.5. The average Bonchev–Trinajstić information content (AvgIpc) is 2.40. The highest BCUT2D eigenvalue weighted by molar-refractivity contribution is 6.32. The average molecular weight is 280 g/mol. The molecule has 0 fully saturated rings. The van der Waals surface area contributed by atoms with E-state index >= 15 is 0 Å². The largest absolute Gasteiger partial charge is 0.487 e. The van der Waals surface area contributed by atoms with Gasteiger partial charge >= 0.3 is 0 Å². The van der Waals surface area contributed by atoms with Gasteiger partial charge in [-0.1, -0.05) is 35.9 Å². The van der Waals surface area contributed by atoms with Gasteiger partial charge in [0.2, 0.25) is 0 Å². The molecule has 0 bridgehead atoms. The first-order chi connectivity index (χ1) is 9.20. The Hall–Kier alpha value is -1.58. The Bertz CT molecular complexity index is 560. The number of hydrogen-bond acceptors (Lipinski definition) is 2. The molecule has 0 aliphatic heterocycles. The second-order valence-corrected chi connectivity index (χ2v) is 4.57. The molecule has 0 unspecified atom stereocenters. The third-order valence-corrected chi connectivity index (χ3v) is 3.06. The molecule has 2 nitrogen and oxygen atoms in total. The van der Waals surface area contributed by atoms with E-state index in [1.165, 1.54) is 17.7 Å². The molecule has 0 saturated carbocycles. The van der Waals surface area contributed by atoms with Gasteiger partial charge in [-0.05, 0) is 36.4 Å². The molecule has 100 valence electrons. The van der Waals surface area contributed by atoms with E-state index in [1.54, 1.807) is 6.07 Å². The van der Waals surface area contributed by atoms with Crippen molar-refractivity contribution in [3.63, 3.8) is 0 Å². The smallest absolute Gasteiger partial charge is 0.138 e. The maximum Gasteiger partial charge on any atom is 0.138 e. The lowest BCUT2D eigenvalue weighted by Crippen LogP contribution is -2.09. The van der Waals surface area contributed by atoms with Crippen LogP contribution < -0.4 is 10.1 Å². The van der Waals surface area contributed by atoms with E-state index in [0.29, 0.717) is 12.4 Å². The fourth-order valence-corrected chi connectivity index (χ4v) is 2.03. The summed E-state index contributed by atoms with van der Waals surface area (Å²) in [4.78, 5) is 0. The minimum atomic E-state index is -0.368. The van der Waals surface area contributed by atoms with Crippen molar-refractivity contribution in [3.8, 4) is 5.75 Å². The quantitative estimate of drug-likeness (QED) is 0.899. The summed E-state index contributed by atoms with van der Waals surface area (Å²) in [6.07, 6.45) is 0. The van der Waals surface area contributed by atoms with Crippen molar-refractivity contribution in [2.45, 2.75) is 13.2 Å². The number of nitrogens with one attached hydrogen (secondary N) is 1.